The van der Waals surface area contributed by atoms with Crippen LogP contribution in [0, 0.1) is 11.8 Å². The molecule has 1 fully saturated rings. The molecule has 146 valence electrons. The molecule has 0 heterocycles. The second-order valence-electron chi connectivity index (χ2n) is 7.29. The lowest BCUT2D eigenvalue weighted by Gasteiger charge is -2.35. The highest BCUT2D eigenvalue weighted by molar-refractivity contribution is 7.92. The molecule has 1 amide bonds. The lowest BCUT2D eigenvalue weighted by Crippen LogP contribution is -2.48. The van der Waals surface area contributed by atoms with E-state index in [2.05, 4.69) is 19.2 Å². The molecule has 4 atom stereocenters. The highest BCUT2D eigenvalue weighted by atomic mass is 35.5. The summed E-state index contributed by atoms with van der Waals surface area (Å²) in [7, 11) is -2.22. The fraction of sp³-hybridized carbons (Fsp3) is 0.632. The summed E-state index contributed by atoms with van der Waals surface area (Å²) in [5.74, 6) is 0.589. The molecule has 0 aromatic heterocycles. The first-order valence-corrected chi connectivity index (χ1v) is 11.1. The maximum absolute atomic E-state index is 12.7. The third-order valence-corrected chi connectivity index (χ3v) is 7.78. The minimum absolute atomic E-state index is 0.0320. The summed E-state index contributed by atoms with van der Waals surface area (Å²) in [6.45, 7) is 5.73. The van der Waals surface area contributed by atoms with Crippen molar-refractivity contribution in [3.63, 3.8) is 0 Å². The first kappa shape index (κ1) is 21.0. The molecule has 2 rings (SSSR count). The molecule has 0 aliphatic heterocycles. The molecule has 0 saturated heterocycles. The largest absolute Gasteiger partial charge is 0.496 e. The van der Waals surface area contributed by atoms with Gasteiger partial charge in [-0.2, -0.15) is 0 Å². The average Bonchev–Trinajstić information content (AvgIpc) is 2.58. The molecule has 7 heteroatoms. The predicted molar refractivity (Wildman–Crippen MR) is 104 cm³/mol. The Kier molecular flexibility index (Phi) is 6.97. The van der Waals surface area contributed by atoms with Crippen LogP contribution >= 0.6 is 11.6 Å². The highest BCUT2D eigenvalue weighted by Crippen LogP contribution is 2.30. The standard InChI is InChI=1S/C19H28ClNO4S/c1-12-6-5-7-17(13(12)2)21-19(22)14(3)26(23,24)11-15-10-16(20)8-9-18(15)25-4/h8-10,12-14,17H,5-7,11H2,1-4H3,(H,21,22)/t12-,13-,14+,17+/m0/s1. The van der Waals surface area contributed by atoms with Crippen molar-refractivity contribution >= 4 is 27.3 Å². The summed E-state index contributed by atoms with van der Waals surface area (Å²) in [5.41, 5.74) is 0.458. The Morgan fingerprint density at radius 2 is 2.04 bits per heavy atom. The number of carbonyl (C=O) groups excluding carboxylic acids is 1. The summed E-state index contributed by atoms with van der Waals surface area (Å²) >= 11 is 5.97. The van der Waals surface area contributed by atoms with Gasteiger partial charge in [0.25, 0.3) is 0 Å². The Morgan fingerprint density at radius 3 is 2.69 bits per heavy atom. The number of sulfone groups is 1. The fourth-order valence-electron chi connectivity index (χ4n) is 3.45. The van der Waals surface area contributed by atoms with Crippen LogP contribution in [0.3, 0.4) is 0 Å². The monoisotopic (exact) mass is 401 g/mol. The van der Waals surface area contributed by atoms with E-state index in [1.807, 2.05) is 0 Å². The van der Waals surface area contributed by atoms with Crippen molar-refractivity contribution in [1.29, 1.82) is 0 Å². The molecule has 1 aromatic carbocycles. The number of carbonyl (C=O) groups is 1. The van der Waals surface area contributed by atoms with Gasteiger partial charge < -0.3 is 10.1 Å². The number of amides is 1. The second kappa shape index (κ2) is 8.61. The lowest BCUT2D eigenvalue weighted by atomic mass is 9.78. The van der Waals surface area contributed by atoms with Crippen molar-refractivity contribution in [3.05, 3.63) is 28.8 Å². The van der Waals surface area contributed by atoms with Gasteiger partial charge in [-0.1, -0.05) is 38.3 Å². The van der Waals surface area contributed by atoms with E-state index in [4.69, 9.17) is 16.3 Å². The van der Waals surface area contributed by atoms with Crippen molar-refractivity contribution < 1.29 is 17.9 Å². The average molecular weight is 402 g/mol. The normalized spacial score (nSPS) is 24.7. The van der Waals surface area contributed by atoms with E-state index < -0.39 is 21.0 Å². The maximum atomic E-state index is 12.7. The van der Waals surface area contributed by atoms with E-state index in [9.17, 15) is 13.2 Å². The smallest absolute Gasteiger partial charge is 0.238 e. The summed E-state index contributed by atoms with van der Waals surface area (Å²) in [6.07, 6.45) is 3.10. The topological polar surface area (TPSA) is 72.5 Å². The van der Waals surface area contributed by atoms with E-state index in [-0.39, 0.29) is 11.8 Å². The Balaban J connectivity index is 2.10. The van der Waals surface area contributed by atoms with Gasteiger partial charge in [0.05, 0.1) is 12.9 Å². The zero-order chi connectivity index (χ0) is 19.5. The van der Waals surface area contributed by atoms with Gasteiger partial charge in [0, 0.05) is 16.6 Å². The fourth-order valence-corrected chi connectivity index (χ4v) is 4.95. The summed E-state index contributed by atoms with van der Waals surface area (Å²) in [6, 6.07) is 4.86. The molecule has 0 radical (unpaired) electrons. The van der Waals surface area contributed by atoms with Gasteiger partial charge in [-0.3, -0.25) is 4.79 Å². The number of rotatable bonds is 6. The molecule has 1 aliphatic rings. The van der Waals surface area contributed by atoms with Crippen LogP contribution in [0.25, 0.3) is 0 Å². The molecular formula is C19H28ClNO4S. The molecule has 1 aromatic rings. The first-order valence-electron chi connectivity index (χ1n) is 9.00. The molecule has 0 spiro atoms. The van der Waals surface area contributed by atoms with Crippen LogP contribution in [-0.2, 0) is 20.4 Å². The number of hydrogen-bond acceptors (Lipinski definition) is 4. The molecule has 1 aliphatic carbocycles. The first-order chi connectivity index (χ1) is 12.2. The number of ether oxygens (including phenoxy) is 1. The van der Waals surface area contributed by atoms with E-state index in [1.54, 1.807) is 18.2 Å². The predicted octanol–water partition coefficient (Wildman–Crippen LogP) is 3.59. The van der Waals surface area contributed by atoms with Crippen molar-refractivity contribution in [2.24, 2.45) is 11.8 Å². The number of benzene rings is 1. The number of hydrogen-bond donors (Lipinski definition) is 1. The van der Waals surface area contributed by atoms with E-state index in [0.29, 0.717) is 28.2 Å². The van der Waals surface area contributed by atoms with Gasteiger partial charge in [-0.05, 0) is 43.4 Å². The Labute approximate surface area is 161 Å². The van der Waals surface area contributed by atoms with Gasteiger partial charge in [0.15, 0.2) is 9.84 Å². The molecule has 26 heavy (non-hydrogen) atoms. The highest BCUT2D eigenvalue weighted by Gasteiger charge is 2.33. The van der Waals surface area contributed by atoms with Gasteiger partial charge in [-0.25, -0.2) is 8.42 Å². The van der Waals surface area contributed by atoms with Crippen LogP contribution in [0.4, 0.5) is 0 Å². The molecule has 0 unspecified atom stereocenters. The van der Waals surface area contributed by atoms with E-state index in [1.165, 1.54) is 14.0 Å². The molecule has 1 saturated carbocycles. The van der Waals surface area contributed by atoms with E-state index in [0.717, 1.165) is 19.3 Å². The third kappa shape index (κ3) is 4.92. The number of methoxy groups -OCH3 is 1. The Morgan fingerprint density at radius 1 is 1.35 bits per heavy atom. The van der Waals surface area contributed by atoms with Gasteiger partial charge >= 0.3 is 0 Å². The zero-order valence-electron chi connectivity index (χ0n) is 15.8. The van der Waals surface area contributed by atoms with Crippen LogP contribution in [0.15, 0.2) is 18.2 Å². The third-order valence-electron chi connectivity index (χ3n) is 5.54. The Hall–Kier alpha value is -1.27. The molecular weight excluding hydrogens is 374 g/mol. The van der Waals surface area contributed by atoms with Gasteiger partial charge in [0.2, 0.25) is 5.91 Å². The Bertz CT molecular complexity index is 750. The van der Waals surface area contributed by atoms with Crippen LogP contribution < -0.4 is 10.1 Å². The lowest BCUT2D eigenvalue weighted by molar-refractivity contribution is -0.121. The van der Waals surface area contributed by atoms with Crippen molar-refractivity contribution in [3.8, 4) is 5.75 Å². The van der Waals surface area contributed by atoms with Gasteiger partial charge in [-0.15, -0.1) is 0 Å². The zero-order valence-corrected chi connectivity index (χ0v) is 17.4. The molecule has 1 N–H and O–H groups in total. The minimum Gasteiger partial charge on any atom is -0.496 e. The van der Waals surface area contributed by atoms with Crippen LogP contribution in [0.5, 0.6) is 5.75 Å². The second-order valence-corrected chi connectivity index (χ2v) is 10.0. The summed E-state index contributed by atoms with van der Waals surface area (Å²) in [5, 5.41) is 2.26. The van der Waals surface area contributed by atoms with Crippen molar-refractivity contribution in [2.75, 3.05) is 7.11 Å². The molecule has 0 bridgehead atoms. The summed E-state index contributed by atoms with van der Waals surface area (Å²) < 4.78 is 30.7. The van der Waals surface area contributed by atoms with Crippen molar-refractivity contribution in [2.45, 2.75) is 57.1 Å². The van der Waals surface area contributed by atoms with E-state index >= 15 is 0 Å². The van der Waals surface area contributed by atoms with Crippen LogP contribution in [0.1, 0.15) is 45.6 Å². The van der Waals surface area contributed by atoms with Crippen molar-refractivity contribution in [1.82, 2.24) is 5.32 Å². The maximum Gasteiger partial charge on any atom is 0.238 e. The number of halogens is 1. The van der Waals surface area contributed by atoms with Gasteiger partial charge in [0.1, 0.15) is 11.0 Å². The van der Waals surface area contributed by atoms with Crippen LogP contribution in [-0.4, -0.2) is 32.7 Å². The SMILES string of the molecule is COc1ccc(Cl)cc1CS(=O)(=O)[C@H](C)C(=O)N[C@@H]1CCC[C@H](C)[C@@H]1C. The minimum atomic E-state index is -3.69. The number of nitrogens with one attached hydrogen (secondary N) is 1. The summed E-state index contributed by atoms with van der Waals surface area (Å²) in [4.78, 5) is 12.6. The van der Waals surface area contributed by atoms with Crippen LogP contribution in [0.2, 0.25) is 5.02 Å². The quantitative estimate of drug-likeness (QED) is 0.790. The molecule has 5 nitrogen and oxygen atoms in total.